The molecule has 0 aromatic heterocycles. The van der Waals surface area contributed by atoms with Crippen molar-refractivity contribution in [3.63, 3.8) is 0 Å². The molecule has 4 nitrogen and oxygen atoms in total. The van der Waals surface area contributed by atoms with E-state index in [1.807, 2.05) is 0 Å². The van der Waals surface area contributed by atoms with Gasteiger partial charge in [0.15, 0.2) is 5.78 Å². The number of allylic oxidation sites excluding steroid dienone is 2. The third-order valence-corrected chi connectivity index (χ3v) is 13.8. The van der Waals surface area contributed by atoms with Crippen LogP contribution in [0.1, 0.15) is 113 Å². The number of rotatable bonds is 3. The molecule has 0 unspecified atom stereocenters. The summed E-state index contributed by atoms with van der Waals surface area (Å²) < 4.78 is 5.71. The molecular weight excluding hydrogens is 460 g/mol. The number of carbonyl (C=O) groups excluding carboxylic acids is 2. The minimum Gasteiger partial charge on any atom is -0.457 e. The molecule has 5 aliphatic carbocycles. The van der Waals surface area contributed by atoms with Crippen LogP contribution in [0.5, 0.6) is 0 Å². The summed E-state index contributed by atoms with van der Waals surface area (Å²) in [5, 5.41) is 11.0. The van der Waals surface area contributed by atoms with Gasteiger partial charge in [0.2, 0.25) is 0 Å². The Morgan fingerprint density at radius 1 is 0.946 bits per heavy atom. The summed E-state index contributed by atoms with van der Waals surface area (Å²) in [6.07, 6.45) is 11.7. The second kappa shape index (κ2) is 8.67. The van der Waals surface area contributed by atoms with E-state index in [-0.39, 0.29) is 52.0 Å². The van der Waals surface area contributed by atoms with Gasteiger partial charge in [-0.05, 0) is 116 Å². The highest BCUT2D eigenvalue weighted by atomic mass is 16.5. The maximum absolute atomic E-state index is 13.8. The fourth-order valence-electron chi connectivity index (χ4n) is 11.1. The average Bonchev–Trinajstić information content (AvgIpc) is 2.83. The van der Waals surface area contributed by atoms with Gasteiger partial charge >= 0.3 is 5.97 Å². The van der Waals surface area contributed by atoms with Crippen LogP contribution in [0.4, 0.5) is 0 Å². The van der Waals surface area contributed by atoms with Crippen molar-refractivity contribution in [1.29, 1.82) is 0 Å². The minimum atomic E-state index is -0.492. The molecule has 4 fully saturated rings. The van der Waals surface area contributed by atoms with Gasteiger partial charge in [-0.3, -0.25) is 9.59 Å². The molecule has 5 aliphatic rings. The number of hydrogen-bond donors (Lipinski definition) is 1. The quantitative estimate of drug-likeness (QED) is 0.322. The second-order valence-corrected chi connectivity index (χ2v) is 15.5. The van der Waals surface area contributed by atoms with Gasteiger partial charge in [-0.1, -0.05) is 60.1 Å². The molecule has 0 aromatic rings. The molecule has 0 radical (unpaired) electrons. The van der Waals surface area contributed by atoms with Crippen LogP contribution >= 0.6 is 0 Å². The number of fused-ring (bicyclic) bond motifs is 7. The Bertz CT molecular complexity index is 996. The van der Waals surface area contributed by atoms with E-state index in [0.29, 0.717) is 23.7 Å². The fourth-order valence-corrected chi connectivity index (χ4v) is 11.1. The molecule has 0 amide bonds. The summed E-state index contributed by atoms with van der Waals surface area (Å²) in [6, 6.07) is 0. The third-order valence-electron chi connectivity index (χ3n) is 13.8. The number of hydrogen-bond acceptors (Lipinski definition) is 4. The smallest absolute Gasteiger partial charge is 0.313 e. The molecule has 1 N–H and O–H groups in total. The number of Topliss-reactive ketones (excluding diaryl/α,β-unsaturated/α-hetero) is 1. The number of aliphatic hydroxyl groups is 1. The Balaban J connectivity index is 1.57. The molecule has 5 rings (SSSR count). The number of ether oxygens (including phenoxy) is 1. The van der Waals surface area contributed by atoms with Gasteiger partial charge in [0, 0.05) is 0 Å². The zero-order valence-corrected chi connectivity index (χ0v) is 24.8. The van der Waals surface area contributed by atoms with E-state index in [1.54, 1.807) is 0 Å². The summed E-state index contributed by atoms with van der Waals surface area (Å²) in [4.78, 5) is 25.5. The van der Waals surface area contributed by atoms with Crippen molar-refractivity contribution in [1.82, 2.24) is 0 Å². The van der Waals surface area contributed by atoms with E-state index < -0.39 is 5.41 Å². The minimum absolute atomic E-state index is 0.0469. The van der Waals surface area contributed by atoms with E-state index >= 15 is 0 Å². The summed E-state index contributed by atoms with van der Waals surface area (Å²) in [6.45, 7) is 18.4. The van der Waals surface area contributed by atoms with Crippen molar-refractivity contribution in [3.8, 4) is 0 Å². The van der Waals surface area contributed by atoms with Gasteiger partial charge in [-0.25, -0.2) is 0 Å². The van der Waals surface area contributed by atoms with Crippen LogP contribution in [0.25, 0.3) is 0 Å². The summed E-state index contributed by atoms with van der Waals surface area (Å²) in [7, 11) is 0. The van der Waals surface area contributed by atoms with Gasteiger partial charge in [-0.2, -0.15) is 0 Å². The van der Waals surface area contributed by atoms with Crippen LogP contribution in [0, 0.1) is 56.7 Å². The first-order valence-corrected chi connectivity index (χ1v) is 15.2. The lowest BCUT2D eigenvalue weighted by molar-refractivity contribution is -0.207. The first-order chi connectivity index (χ1) is 17.1. The third kappa shape index (κ3) is 3.55. The second-order valence-electron chi connectivity index (χ2n) is 15.5. The van der Waals surface area contributed by atoms with E-state index in [9.17, 15) is 14.7 Å². The monoisotopic (exact) mass is 512 g/mol. The van der Waals surface area contributed by atoms with Crippen LogP contribution in [-0.4, -0.2) is 29.6 Å². The van der Waals surface area contributed by atoms with Crippen LogP contribution in [0.3, 0.4) is 0 Å². The molecule has 4 heteroatoms. The zero-order valence-electron chi connectivity index (χ0n) is 24.8. The van der Waals surface area contributed by atoms with Crippen LogP contribution < -0.4 is 0 Å². The number of carbonyl (C=O) groups is 2. The lowest BCUT2D eigenvalue weighted by Crippen LogP contribution is -2.65. The first kappa shape index (κ1) is 27.4. The molecule has 0 saturated heterocycles. The molecule has 0 spiro atoms. The van der Waals surface area contributed by atoms with Gasteiger partial charge in [-0.15, -0.1) is 0 Å². The SMILES string of the molecule is CC(=O)COC(=O)[C@]12CC[C@@H](C)[C@H](C)[C@H]1C1=CC[C@@H]3[C@@]4(C)CC[C@H](O)C(C)(C)[C@@H]4CC[C@@]3(C)[C@]1(C)CC2. The van der Waals surface area contributed by atoms with Crippen molar-refractivity contribution in [2.24, 2.45) is 56.7 Å². The molecule has 0 aromatic carbocycles. The van der Waals surface area contributed by atoms with Crippen molar-refractivity contribution in [2.75, 3.05) is 6.61 Å². The van der Waals surface area contributed by atoms with Gasteiger partial charge in [0.05, 0.1) is 11.5 Å². The highest BCUT2D eigenvalue weighted by Gasteiger charge is 2.69. The zero-order chi connectivity index (χ0) is 27.2. The number of esters is 1. The van der Waals surface area contributed by atoms with Crippen molar-refractivity contribution in [3.05, 3.63) is 11.6 Å². The van der Waals surface area contributed by atoms with Crippen molar-refractivity contribution < 1.29 is 19.4 Å². The van der Waals surface area contributed by atoms with Crippen molar-refractivity contribution >= 4 is 11.8 Å². The highest BCUT2D eigenvalue weighted by molar-refractivity contribution is 5.83. The molecule has 4 saturated carbocycles. The van der Waals surface area contributed by atoms with Gasteiger partial charge in [0.1, 0.15) is 6.61 Å². The molecule has 0 bridgehead atoms. The fraction of sp³-hybridized carbons (Fsp3) is 0.879. The molecule has 0 aliphatic heterocycles. The molecule has 37 heavy (non-hydrogen) atoms. The topological polar surface area (TPSA) is 63.6 Å². The highest BCUT2D eigenvalue weighted by Crippen LogP contribution is 2.75. The summed E-state index contributed by atoms with van der Waals surface area (Å²) >= 11 is 0. The number of ketones is 1. The van der Waals surface area contributed by atoms with E-state index in [4.69, 9.17) is 4.74 Å². The van der Waals surface area contributed by atoms with Gasteiger partial charge < -0.3 is 9.84 Å². The van der Waals surface area contributed by atoms with Crippen molar-refractivity contribution in [2.45, 2.75) is 119 Å². The Hall–Kier alpha value is -1.16. The standard InChI is InChI=1S/C33H52O4/c1-20-11-16-33(28(36)37-19-21(2)34)18-17-31(7)23(27(33)22(20)3)9-10-25-30(6)14-13-26(35)29(4,5)24(30)12-15-32(25,31)8/h9,20,22,24-27,35H,10-19H2,1-8H3/t20-,22+,24+,25-,26+,27+,30+,31-,32-,33+/m1/s1. The molecule has 0 heterocycles. The lowest BCUT2D eigenvalue weighted by Gasteiger charge is -2.71. The molecule has 208 valence electrons. The first-order valence-electron chi connectivity index (χ1n) is 15.2. The molecule has 10 atom stereocenters. The van der Waals surface area contributed by atoms with Crippen LogP contribution in [0.2, 0.25) is 0 Å². The number of aliphatic hydroxyl groups excluding tert-OH is 1. The average molecular weight is 513 g/mol. The van der Waals surface area contributed by atoms with E-state index in [0.717, 1.165) is 44.9 Å². The predicted octanol–water partition coefficient (Wildman–Crippen LogP) is 7.14. The van der Waals surface area contributed by atoms with E-state index in [1.165, 1.54) is 25.3 Å². The summed E-state index contributed by atoms with van der Waals surface area (Å²) in [5.41, 5.74) is 1.46. The maximum Gasteiger partial charge on any atom is 0.313 e. The van der Waals surface area contributed by atoms with Crippen LogP contribution in [-0.2, 0) is 14.3 Å². The van der Waals surface area contributed by atoms with Crippen LogP contribution in [0.15, 0.2) is 11.6 Å². The maximum atomic E-state index is 13.8. The summed E-state index contributed by atoms with van der Waals surface area (Å²) in [5.74, 6) is 2.10. The Morgan fingerprint density at radius 2 is 1.65 bits per heavy atom. The molecular formula is C33H52O4. The largest absolute Gasteiger partial charge is 0.457 e. The Labute approximate surface area is 225 Å². The Morgan fingerprint density at radius 3 is 2.32 bits per heavy atom. The van der Waals surface area contributed by atoms with E-state index in [2.05, 4.69) is 54.5 Å². The van der Waals surface area contributed by atoms with Gasteiger partial charge in [0.25, 0.3) is 0 Å². The normalized spacial score (nSPS) is 50.5. The predicted molar refractivity (Wildman–Crippen MR) is 147 cm³/mol. The lowest BCUT2D eigenvalue weighted by atomic mass is 9.33. The Kier molecular flexibility index (Phi) is 6.42.